The molecule has 0 unspecified atom stereocenters. The van der Waals surface area contributed by atoms with Crippen LogP contribution in [-0.4, -0.2) is 69.4 Å². The van der Waals surface area contributed by atoms with Crippen LogP contribution in [0.25, 0.3) is 16.7 Å². The van der Waals surface area contributed by atoms with Gasteiger partial charge in [-0.2, -0.15) is 0 Å². The molecule has 0 N–H and O–H groups in total. The van der Waals surface area contributed by atoms with E-state index in [0.717, 1.165) is 41.3 Å². The Kier molecular flexibility index (Phi) is 6.03. The number of carbonyl (C=O) groups is 1. The average molecular weight is 497 g/mol. The van der Waals surface area contributed by atoms with Crippen molar-refractivity contribution in [2.75, 3.05) is 36.0 Å². The van der Waals surface area contributed by atoms with Crippen LogP contribution in [0, 0.1) is 0 Å². The molecule has 9 heteroatoms. The molecule has 5 rings (SSSR count). The normalized spacial score (nSPS) is 20.8. The fourth-order valence-corrected chi connectivity index (χ4v) is 5.05. The zero-order chi connectivity index (χ0) is 24.9. The molecule has 2 fully saturated rings. The summed E-state index contributed by atoms with van der Waals surface area (Å²) in [6.07, 6.45) is 4.70. The van der Waals surface area contributed by atoms with Crippen molar-refractivity contribution in [2.45, 2.75) is 58.7 Å². The zero-order valence-electron chi connectivity index (χ0n) is 21.0. The molecule has 0 spiro atoms. The van der Waals surface area contributed by atoms with E-state index in [-0.39, 0.29) is 18.2 Å². The van der Waals surface area contributed by atoms with Gasteiger partial charge in [0.15, 0.2) is 5.65 Å². The topological polar surface area (TPSA) is 66.7 Å². The molecule has 2 aliphatic rings. The Morgan fingerprint density at radius 2 is 1.89 bits per heavy atom. The van der Waals surface area contributed by atoms with Crippen LogP contribution in [-0.2, 0) is 4.74 Å². The van der Waals surface area contributed by atoms with Gasteiger partial charge >= 0.3 is 6.09 Å². The van der Waals surface area contributed by atoms with Gasteiger partial charge < -0.3 is 19.4 Å². The first-order valence-corrected chi connectivity index (χ1v) is 12.6. The van der Waals surface area contributed by atoms with E-state index in [1.165, 1.54) is 6.42 Å². The minimum absolute atomic E-state index is 0.0199. The van der Waals surface area contributed by atoms with Gasteiger partial charge in [0.25, 0.3) is 0 Å². The second-order valence-corrected chi connectivity index (χ2v) is 11.0. The lowest BCUT2D eigenvalue weighted by Gasteiger charge is -2.45. The molecule has 35 heavy (non-hydrogen) atoms. The molecule has 0 bridgehead atoms. The number of nitrogens with zero attached hydrogens (tertiary/aromatic N) is 6. The van der Waals surface area contributed by atoms with Crippen LogP contribution in [0.15, 0.2) is 36.8 Å². The predicted molar refractivity (Wildman–Crippen MR) is 140 cm³/mol. The smallest absolute Gasteiger partial charge is 0.410 e. The molecule has 0 aliphatic carbocycles. The zero-order valence-corrected chi connectivity index (χ0v) is 21.8. The van der Waals surface area contributed by atoms with Gasteiger partial charge in [0, 0.05) is 55.2 Å². The van der Waals surface area contributed by atoms with Crippen molar-refractivity contribution in [2.24, 2.45) is 0 Å². The highest BCUT2D eigenvalue weighted by Crippen LogP contribution is 2.39. The molecular weight excluding hydrogens is 464 g/mol. The van der Waals surface area contributed by atoms with Gasteiger partial charge in [-0.05, 0) is 59.2 Å². The minimum Gasteiger partial charge on any atom is -0.444 e. The van der Waals surface area contributed by atoms with Crippen LogP contribution in [0.1, 0.15) is 41.0 Å². The summed E-state index contributed by atoms with van der Waals surface area (Å²) < 4.78 is 7.77. The molecular formula is C26H33ClN6O2. The molecule has 4 heterocycles. The third-order valence-electron chi connectivity index (χ3n) is 6.71. The molecule has 0 saturated carbocycles. The van der Waals surface area contributed by atoms with E-state index < -0.39 is 5.60 Å². The van der Waals surface area contributed by atoms with Crippen LogP contribution in [0.3, 0.4) is 0 Å². The quantitative estimate of drug-likeness (QED) is 0.501. The van der Waals surface area contributed by atoms with Gasteiger partial charge in [0.1, 0.15) is 17.7 Å². The number of halogens is 1. The number of hydrogen-bond acceptors (Lipinski definition) is 6. The molecule has 186 valence electrons. The van der Waals surface area contributed by atoms with Crippen LogP contribution in [0.2, 0.25) is 5.02 Å². The average Bonchev–Trinajstić information content (AvgIpc) is 3.12. The van der Waals surface area contributed by atoms with Gasteiger partial charge in [-0.15, -0.1) is 0 Å². The highest BCUT2D eigenvalue weighted by Gasteiger charge is 2.36. The lowest BCUT2D eigenvalue weighted by Crippen LogP contribution is -2.59. The molecule has 2 saturated heterocycles. The first-order chi connectivity index (χ1) is 16.6. The Bertz CT molecular complexity index is 1250. The van der Waals surface area contributed by atoms with Crippen molar-refractivity contribution in [3.63, 3.8) is 0 Å². The summed E-state index contributed by atoms with van der Waals surface area (Å²) in [5.74, 6) is 0.904. The van der Waals surface area contributed by atoms with Gasteiger partial charge in [0.2, 0.25) is 0 Å². The SMILES string of the molecule is C[C@@H]1CN(c2ncnc3c2c(N2CCC2)cn3-c2cccc(Cl)c2)[C@@H](C)CN1C(=O)OC(C)(C)C. The van der Waals surface area contributed by atoms with E-state index in [9.17, 15) is 4.79 Å². The lowest BCUT2D eigenvalue weighted by atomic mass is 10.1. The number of carbonyl (C=O) groups excluding carboxylic acids is 1. The third-order valence-corrected chi connectivity index (χ3v) is 6.95. The lowest BCUT2D eigenvalue weighted by molar-refractivity contribution is 0.0130. The molecule has 3 aromatic rings. The van der Waals surface area contributed by atoms with Crippen molar-refractivity contribution in [1.82, 2.24) is 19.4 Å². The third kappa shape index (κ3) is 4.51. The van der Waals surface area contributed by atoms with Crippen molar-refractivity contribution in [3.8, 4) is 5.69 Å². The number of piperazine rings is 1. The van der Waals surface area contributed by atoms with Gasteiger partial charge in [-0.3, -0.25) is 4.57 Å². The molecule has 1 aromatic carbocycles. The number of hydrogen-bond donors (Lipinski definition) is 0. The predicted octanol–water partition coefficient (Wildman–Crippen LogP) is 5.12. The first kappa shape index (κ1) is 23.7. The van der Waals surface area contributed by atoms with Crippen LogP contribution >= 0.6 is 11.6 Å². The molecule has 2 aromatic heterocycles. The Morgan fingerprint density at radius 1 is 1.11 bits per heavy atom. The molecule has 2 aliphatic heterocycles. The molecule has 8 nitrogen and oxygen atoms in total. The van der Waals surface area contributed by atoms with Gasteiger partial charge in [-0.1, -0.05) is 17.7 Å². The monoisotopic (exact) mass is 496 g/mol. The summed E-state index contributed by atoms with van der Waals surface area (Å²) in [6.45, 7) is 13.1. The first-order valence-electron chi connectivity index (χ1n) is 12.3. The fraction of sp³-hybridized carbons (Fsp3) is 0.500. The largest absolute Gasteiger partial charge is 0.444 e. The molecule has 0 radical (unpaired) electrons. The maximum atomic E-state index is 12.8. The Balaban J connectivity index is 1.54. The second kappa shape index (κ2) is 8.90. The van der Waals surface area contributed by atoms with Crippen molar-refractivity contribution in [3.05, 3.63) is 41.8 Å². The summed E-state index contributed by atoms with van der Waals surface area (Å²) in [7, 11) is 0. The van der Waals surface area contributed by atoms with E-state index in [1.807, 2.05) is 49.9 Å². The van der Waals surface area contributed by atoms with E-state index in [1.54, 1.807) is 6.33 Å². The summed E-state index contributed by atoms with van der Waals surface area (Å²) >= 11 is 6.31. The number of amides is 1. The van der Waals surface area contributed by atoms with Gasteiger partial charge in [-0.25, -0.2) is 14.8 Å². The van der Waals surface area contributed by atoms with E-state index in [2.05, 4.69) is 34.4 Å². The molecule has 2 atom stereocenters. The van der Waals surface area contributed by atoms with Crippen LogP contribution in [0.4, 0.5) is 16.3 Å². The number of rotatable bonds is 3. The number of aromatic nitrogens is 3. The fourth-order valence-electron chi connectivity index (χ4n) is 4.86. The maximum absolute atomic E-state index is 12.8. The summed E-state index contributed by atoms with van der Waals surface area (Å²) in [4.78, 5) is 28.8. The van der Waals surface area contributed by atoms with E-state index in [0.29, 0.717) is 18.1 Å². The Labute approximate surface area is 211 Å². The van der Waals surface area contributed by atoms with Crippen molar-refractivity contribution >= 4 is 40.2 Å². The Hall–Kier alpha value is -3.00. The van der Waals surface area contributed by atoms with E-state index in [4.69, 9.17) is 26.3 Å². The van der Waals surface area contributed by atoms with Crippen molar-refractivity contribution in [1.29, 1.82) is 0 Å². The number of anilines is 2. The number of ether oxygens (including phenoxy) is 1. The summed E-state index contributed by atoms with van der Waals surface area (Å²) in [6, 6.07) is 7.86. The standard InChI is InChI=1S/C26H33ClN6O2/c1-17-14-32(25(34)35-26(3,4)5)18(2)13-31(17)23-22-21(30-10-7-11-30)15-33(24(22)29-16-28-23)20-9-6-8-19(27)12-20/h6,8-9,12,15-18H,7,10-11,13-14H2,1-5H3/t17-,18+/m0/s1. The minimum atomic E-state index is -0.522. The highest BCUT2D eigenvalue weighted by atomic mass is 35.5. The maximum Gasteiger partial charge on any atom is 0.410 e. The van der Waals surface area contributed by atoms with E-state index >= 15 is 0 Å². The summed E-state index contributed by atoms with van der Waals surface area (Å²) in [5, 5.41) is 1.72. The van der Waals surface area contributed by atoms with Crippen LogP contribution in [0.5, 0.6) is 0 Å². The van der Waals surface area contributed by atoms with Gasteiger partial charge in [0.05, 0.1) is 11.1 Å². The Morgan fingerprint density at radius 3 is 2.54 bits per heavy atom. The highest BCUT2D eigenvalue weighted by molar-refractivity contribution is 6.30. The van der Waals surface area contributed by atoms with Crippen LogP contribution < -0.4 is 9.80 Å². The van der Waals surface area contributed by atoms with Crippen molar-refractivity contribution < 1.29 is 9.53 Å². The second-order valence-electron chi connectivity index (χ2n) is 10.6. The number of benzene rings is 1. The molecule has 1 amide bonds. The summed E-state index contributed by atoms with van der Waals surface area (Å²) in [5.41, 5.74) is 2.44. The number of fused-ring (bicyclic) bond motifs is 1.